The number of hydrogen-bond donors (Lipinski definition) is 1. The van der Waals surface area contributed by atoms with E-state index < -0.39 is 22.0 Å². The van der Waals surface area contributed by atoms with Crippen LogP contribution in [-0.2, 0) is 14.8 Å². The average Bonchev–Trinajstić information content (AvgIpc) is 2.63. The summed E-state index contributed by atoms with van der Waals surface area (Å²) in [5.41, 5.74) is 0.337. The molecule has 9 heteroatoms. The lowest BCUT2D eigenvalue weighted by atomic mass is 10.2. The Kier molecular flexibility index (Phi) is 7.98. The summed E-state index contributed by atoms with van der Waals surface area (Å²) >= 11 is 12.0. The molecule has 152 valence electrons. The van der Waals surface area contributed by atoms with Gasteiger partial charge in [0.15, 0.2) is 0 Å². The van der Waals surface area contributed by atoms with Crippen LogP contribution in [-0.4, -0.2) is 39.8 Å². The quantitative estimate of drug-likeness (QED) is 0.597. The highest BCUT2D eigenvalue weighted by Gasteiger charge is 2.31. The number of amides is 1. The minimum Gasteiger partial charge on any atom is -0.490 e. The lowest BCUT2D eigenvalue weighted by Crippen LogP contribution is -2.50. The Bertz CT molecular complexity index is 922. The molecule has 1 N–H and O–H groups in total. The molecule has 0 aliphatic heterocycles. The van der Waals surface area contributed by atoms with Crippen molar-refractivity contribution < 1.29 is 17.9 Å². The number of benzene rings is 2. The van der Waals surface area contributed by atoms with Gasteiger partial charge >= 0.3 is 0 Å². The molecule has 2 aromatic carbocycles. The molecule has 0 aliphatic carbocycles. The highest BCUT2D eigenvalue weighted by atomic mass is 35.5. The molecule has 2 aromatic rings. The summed E-state index contributed by atoms with van der Waals surface area (Å²) in [6, 6.07) is 12.5. The van der Waals surface area contributed by atoms with Crippen LogP contribution in [0.25, 0.3) is 0 Å². The van der Waals surface area contributed by atoms with Gasteiger partial charge in [0.25, 0.3) is 0 Å². The summed E-state index contributed by atoms with van der Waals surface area (Å²) in [5, 5.41) is 3.57. The summed E-state index contributed by atoms with van der Waals surface area (Å²) in [7, 11) is -3.71. The maximum Gasteiger partial charge on any atom is 0.244 e. The van der Waals surface area contributed by atoms with E-state index in [0.717, 1.165) is 10.6 Å². The van der Waals surface area contributed by atoms with Crippen LogP contribution in [0.4, 0.5) is 5.69 Å². The fourth-order valence-electron chi connectivity index (χ4n) is 2.69. The zero-order valence-electron chi connectivity index (χ0n) is 15.6. The predicted molar refractivity (Wildman–Crippen MR) is 113 cm³/mol. The van der Waals surface area contributed by atoms with E-state index in [4.69, 9.17) is 27.9 Å². The molecule has 0 saturated heterocycles. The van der Waals surface area contributed by atoms with Crippen LogP contribution in [0.15, 0.2) is 48.5 Å². The number of ether oxygens (including phenoxy) is 1. The van der Waals surface area contributed by atoms with Crippen molar-refractivity contribution in [3.63, 3.8) is 0 Å². The van der Waals surface area contributed by atoms with Gasteiger partial charge in [-0.2, -0.15) is 0 Å². The van der Waals surface area contributed by atoms with Crippen LogP contribution in [0.3, 0.4) is 0 Å². The van der Waals surface area contributed by atoms with E-state index in [1.807, 2.05) is 0 Å². The van der Waals surface area contributed by atoms with Crippen LogP contribution < -0.4 is 14.4 Å². The number of para-hydroxylation sites is 1. The van der Waals surface area contributed by atoms with Gasteiger partial charge in [-0.3, -0.25) is 9.10 Å². The van der Waals surface area contributed by atoms with Gasteiger partial charge in [0.05, 0.1) is 23.5 Å². The number of carbonyl (C=O) groups is 1. The normalized spacial score (nSPS) is 12.3. The van der Waals surface area contributed by atoms with Gasteiger partial charge in [-0.25, -0.2) is 8.42 Å². The minimum absolute atomic E-state index is 0.196. The molecular formula is C19H22Cl2N2O4S. The first-order chi connectivity index (χ1) is 13.2. The van der Waals surface area contributed by atoms with E-state index in [9.17, 15) is 13.2 Å². The summed E-state index contributed by atoms with van der Waals surface area (Å²) < 4.78 is 31.3. The second-order valence-corrected chi connectivity index (χ2v) is 8.74. The van der Waals surface area contributed by atoms with Gasteiger partial charge in [0.2, 0.25) is 15.9 Å². The molecule has 0 saturated carbocycles. The highest BCUT2D eigenvalue weighted by molar-refractivity contribution is 7.92. The van der Waals surface area contributed by atoms with Crippen molar-refractivity contribution in [2.24, 2.45) is 0 Å². The third-order valence-corrected chi connectivity index (χ3v) is 5.62. The SMILES string of the molecule is CC[C@H](C(=O)NCCOc1ccccc1Cl)N(c1cccc(Cl)c1)S(C)(=O)=O. The third-order valence-electron chi connectivity index (χ3n) is 3.89. The van der Waals surface area contributed by atoms with E-state index in [1.54, 1.807) is 49.4 Å². The monoisotopic (exact) mass is 444 g/mol. The molecule has 6 nitrogen and oxygen atoms in total. The Labute approximate surface area is 175 Å². The van der Waals surface area contributed by atoms with E-state index in [2.05, 4.69) is 5.32 Å². The molecule has 2 rings (SSSR count). The third kappa shape index (κ3) is 6.02. The first-order valence-electron chi connectivity index (χ1n) is 8.64. The Hall–Kier alpha value is -1.96. The van der Waals surface area contributed by atoms with Crippen molar-refractivity contribution in [3.8, 4) is 5.75 Å². The second-order valence-electron chi connectivity index (χ2n) is 6.03. The first kappa shape index (κ1) is 22.3. The van der Waals surface area contributed by atoms with E-state index in [-0.39, 0.29) is 19.6 Å². The number of nitrogens with one attached hydrogen (secondary N) is 1. The Morgan fingerprint density at radius 2 is 1.89 bits per heavy atom. The second kappa shape index (κ2) is 10.0. The van der Waals surface area contributed by atoms with Crippen molar-refractivity contribution in [1.29, 1.82) is 0 Å². The highest BCUT2D eigenvalue weighted by Crippen LogP contribution is 2.25. The maximum atomic E-state index is 12.7. The van der Waals surface area contributed by atoms with E-state index in [0.29, 0.717) is 21.5 Å². The van der Waals surface area contributed by atoms with Crippen LogP contribution >= 0.6 is 23.2 Å². The van der Waals surface area contributed by atoms with Crippen molar-refractivity contribution in [3.05, 3.63) is 58.6 Å². The van der Waals surface area contributed by atoms with Crippen LogP contribution in [0, 0.1) is 0 Å². The number of rotatable bonds is 9. The van der Waals surface area contributed by atoms with Gasteiger partial charge in [0, 0.05) is 5.02 Å². The standard InChI is InChI=1S/C19H22Cl2N2O4S/c1-3-17(23(28(2,25)26)15-8-6-7-14(20)13-15)19(24)22-11-12-27-18-10-5-4-9-16(18)21/h4-10,13,17H,3,11-12H2,1-2H3,(H,22,24)/t17-/m1/s1. The van der Waals surface area contributed by atoms with Crippen molar-refractivity contribution in [2.45, 2.75) is 19.4 Å². The minimum atomic E-state index is -3.71. The van der Waals surface area contributed by atoms with Crippen molar-refractivity contribution >= 4 is 44.8 Å². The number of nitrogens with zero attached hydrogens (tertiary/aromatic N) is 1. The molecule has 0 bridgehead atoms. The molecule has 0 unspecified atom stereocenters. The fourth-order valence-corrected chi connectivity index (χ4v) is 4.27. The number of carbonyl (C=O) groups excluding carboxylic acids is 1. The largest absolute Gasteiger partial charge is 0.490 e. The van der Waals surface area contributed by atoms with E-state index >= 15 is 0 Å². The van der Waals surface area contributed by atoms with Crippen molar-refractivity contribution in [1.82, 2.24) is 5.32 Å². The fraction of sp³-hybridized carbons (Fsp3) is 0.316. The summed E-state index contributed by atoms with van der Waals surface area (Å²) in [5.74, 6) is 0.0952. The lowest BCUT2D eigenvalue weighted by molar-refractivity contribution is -0.122. The number of halogens is 2. The summed E-state index contributed by atoms with van der Waals surface area (Å²) in [6.45, 7) is 2.14. The van der Waals surface area contributed by atoms with Crippen LogP contribution in [0.1, 0.15) is 13.3 Å². The molecule has 0 fully saturated rings. The zero-order chi connectivity index (χ0) is 20.7. The molecule has 1 atom stereocenters. The van der Waals surface area contributed by atoms with E-state index in [1.165, 1.54) is 6.07 Å². The molecule has 0 radical (unpaired) electrons. The molecule has 0 aliphatic rings. The molecule has 28 heavy (non-hydrogen) atoms. The Balaban J connectivity index is 2.06. The Morgan fingerprint density at radius 1 is 1.18 bits per heavy atom. The molecule has 1 amide bonds. The summed E-state index contributed by atoms with van der Waals surface area (Å²) in [6.07, 6.45) is 1.35. The molecule has 0 spiro atoms. The molecule has 0 heterocycles. The van der Waals surface area contributed by atoms with Gasteiger partial charge in [-0.05, 0) is 36.8 Å². The summed E-state index contributed by atoms with van der Waals surface area (Å²) in [4.78, 5) is 12.7. The molecular weight excluding hydrogens is 423 g/mol. The zero-order valence-corrected chi connectivity index (χ0v) is 17.9. The molecule has 0 aromatic heterocycles. The Morgan fingerprint density at radius 3 is 2.50 bits per heavy atom. The smallest absolute Gasteiger partial charge is 0.244 e. The van der Waals surface area contributed by atoms with Gasteiger partial charge in [0.1, 0.15) is 18.4 Å². The van der Waals surface area contributed by atoms with Crippen LogP contribution in [0.2, 0.25) is 10.0 Å². The number of sulfonamides is 1. The van der Waals surface area contributed by atoms with Gasteiger partial charge in [-0.1, -0.05) is 48.3 Å². The van der Waals surface area contributed by atoms with Gasteiger partial charge < -0.3 is 10.1 Å². The number of hydrogen-bond acceptors (Lipinski definition) is 4. The lowest BCUT2D eigenvalue weighted by Gasteiger charge is -2.30. The predicted octanol–water partition coefficient (Wildman–Crippen LogP) is 3.73. The number of anilines is 1. The van der Waals surface area contributed by atoms with Crippen molar-refractivity contribution in [2.75, 3.05) is 23.7 Å². The maximum absolute atomic E-state index is 12.7. The average molecular weight is 445 g/mol. The van der Waals surface area contributed by atoms with Crippen LogP contribution in [0.5, 0.6) is 5.75 Å². The topological polar surface area (TPSA) is 75.7 Å². The first-order valence-corrected chi connectivity index (χ1v) is 11.2. The van der Waals surface area contributed by atoms with Gasteiger partial charge in [-0.15, -0.1) is 0 Å².